The van der Waals surface area contributed by atoms with Gasteiger partial charge in [0.1, 0.15) is 11.6 Å². The molecule has 5 rings (SSSR count). The lowest BCUT2D eigenvalue weighted by Gasteiger charge is -2.35. The number of likely N-dealkylation sites (tertiary alicyclic amines) is 1. The first-order valence-corrected chi connectivity index (χ1v) is 14.2. The minimum atomic E-state index is -0.365. The molecular formula is C31H35ClF2N4O2. The van der Waals surface area contributed by atoms with E-state index in [9.17, 15) is 14.0 Å². The zero-order valence-corrected chi connectivity index (χ0v) is 23.9. The highest BCUT2D eigenvalue weighted by atomic mass is 35.5. The third kappa shape index (κ3) is 5.92. The molecule has 6 nitrogen and oxygen atoms in total. The zero-order valence-electron chi connectivity index (χ0n) is 23.1. The summed E-state index contributed by atoms with van der Waals surface area (Å²) in [7, 11) is 1.90. The van der Waals surface area contributed by atoms with Gasteiger partial charge in [-0.15, -0.1) is 0 Å². The highest BCUT2D eigenvalue weighted by Crippen LogP contribution is 2.35. The summed E-state index contributed by atoms with van der Waals surface area (Å²) in [6.45, 7) is 4.85. The summed E-state index contributed by atoms with van der Waals surface area (Å²) < 4.78 is 30.2. The van der Waals surface area contributed by atoms with Gasteiger partial charge in [-0.05, 0) is 77.8 Å². The molecule has 212 valence electrons. The first-order chi connectivity index (χ1) is 19.1. The Morgan fingerprint density at radius 3 is 2.75 bits per heavy atom. The van der Waals surface area contributed by atoms with Gasteiger partial charge in [-0.2, -0.15) is 0 Å². The Morgan fingerprint density at radius 2 is 2.00 bits per heavy atom. The van der Waals surface area contributed by atoms with Crippen molar-refractivity contribution in [3.8, 4) is 0 Å². The van der Waals surface area contributed by atoms with Crippen molar-refractivity contribution in [1.29, 1.82) is 0 Å². The van der Waals surface area contributed by atoms with E-state index in [1.807, 2.05) is 37.2 Å². The second-order valence-electron chi connectivity index (χ2n) is 11.3. The Bertz CT molecular complexity index is 1390. The highest BCUT2D eigenvalue weighted by molar-refractivity contribution is 6.31. The number of amides is 2. The molecule has 1 fully saturated rings. The number of rotatable bonds is 6. The molecule has 9 heteroatoms. The molecule has 3 atom stereocenters. The summed E-state index contributed by atoms with van der Waals surface area (Å²) in [4.78, 5) is 33.2. The number of carbonyl (C=O) groups excluding carboxylic acids is 2. The number of halogens is 3. The second kappa shape index (κ2) is 11.7. The van der Waals surface area contributed by atoms with Crippen molar-refractivity contribution in [3.63, 3.8) is 0 Å². The topological polar surface area (TPSA) is 65.5 Å². The van der Waals surface area contributed by atoms with E-state index >= 15 is 4.39 Å². The number of nitrogens with zero attached hydrogens (tertiary/aromatic N) is 3. The van der Waals surface area contributed by atoms with Gasteiger partial charge in [-0.25, -0.2) is 8.78 Å². The minimum Gasteiger partial charge on any atom is -0.380 e. The van der Waals surface area contributed by atoms with Crippen LogP contribution in [0.3, 0.4) is 0 Å². The molecule has 0 radical (unpaired) electrons. The number of hydrogen-bond acceptors (Lipinski definition) is 4. The fraction of sp³-hybridized carbons (Fsp3) is 0.452. The van der Waals surface area contributed by atoms with Crippen LogP contribution in [0.15, 0.2) is 53.6 Å². The second-order valence-corrected chi connectivity index (χ2v) is 11.7. The van der Waals surface area contributed by atoms with Crippen molar-refractivity contribution in [1.82, 2.24) is 20.1 Å². The van der Waals surface area contributed by atoms with Crippen molar-refractivity contribution in [2.24, 2.45) is 11.8 Å². The van der Waals surface area contributed by atoms with Crippen LogP contribution < -0.4 is 5.32 Å². The van der Waals surface area contributed by atoms with Crippen LogP contribution in [0.2, 0.25) is 5.02 Å². The first-order valence-electron chi connectivity index (χ1n) is 13.8. The number of pyridine rings is 1. The van der Waals surface area contributed by atoms with Crippen LogP contribution in [0.4, 0.5) is 8.78 Å². The van der Waals surface area contributed by atoms with Crippen molar-refractivity contribution in [2.45, 2.75) is 52.0 Å². The summed E-state index contributed by atoms with van der Waals surface area (Å²) in [6.07, 6.45) is 6.07. The lowest BCUT2D eigenvalue weighted by molar-refractivity contribution is -0.129. The number of fused-ring (bicyclic) bond motifs is 2. The van der Waals surface area contributed by atoms with E-state index in [1.165, 1.54) is 0 Å². The molecule has 3 unspecified atom stereocenters. The average molecular weight is 569 g/mol. The number of allylic oxidation sites excluding steroid dienone is 2. The van der Waals surface area contributed by atoms with Crippen molar-refractivity contribution >= 4 is 23.4 Å². The van der Waals surface area contributed by atoms with E-state index in [2.05, 4.69) is 10.3 Å². The number of hydrogen-bond donors (Lipinski definition) is 1. The normalized spacial score (nSPS) is 22.8. The number of benzene rings is 1. The maximum absolute atomic E-state index is 15.3. The van der Waals surface area contributed by atoms with Crippen LogP contribution in [0, 0.1) is 17.7 Å². The van der Waals surface area contributed by atoms with Gasteiger partial charge >= 0.3 is 0 Å². The monoisotopic (exact) mass is 568 g/mol. The van der Waals surface area contributed by atoms with E-state index in [-0.39, 0.29) is 54.3 Å². The third-order valence-corrected chi connectivity index (χ3v) is 8.84. The van der Waals surface area contributed by atoms with E-state index in [0.717, 1.165) is 29.5 Å². The summed E-state index contributed by atoms with van der Waals surface area (Å²) in [6, 6.07) is 6.99. The Balaban J connectivity index is 1.25. The summed E-state index contributed by atoms with van der Waals surface area (Å²) >= 11 is 6.24. The van der Waals surface area contributed by atoms with Gasteiger partial charge in [0.15, 0.2) is 0 Å². The summed E-state index contributed by atoms with van der Waals surface area (Å²) in [5.41, 5.74) is 4.25. The number of nitrogens with one attached hydrogen (secondary N) is 1. The molecule has 1 aromatic carbocycles. The molecule has 1 aliphatic carbocycles. The average Bonchev–Trinajstić information content (AvgIpc) is 3.36. The Morgan fingerprint density at radius 1 is 1.20 bits per heavy atom. The lowest BCUT2D eigenvalue weighted by atomic mass is 9.81. The Hall–Kier alpha value is -3.26. The molecule has 40 heavy (non-hydrogen) atoms. The predicted octanol–water partition coefficient (Wildman–Crippen LogP) is 5.32. The fourth-order valence-corrected chi connectivity index (χ4v) is 6.35. The van der Waals surface area contributed by atoms with Crippen LogP contribution in [-0.2, 0) is 28.9 Å². The van der Waals surface area contributed by atoms with E-state index < -0.39 is 0 Å². The van der Waals surface area contributed by atoms with E-state index in [0.29, 0.717) is 47.8 Å². The maximum atomic E-state index is 15.3. The van der Waals surface area contributed by atoms with Crippen LogP contribution in [0.25, 0.3) is 0 Å². The van der Waals surface area contributed by atoms with Gasteiger partial charge in [0.25, 0.3) is 0 Å². The molecule has 2 bridgehead atoms. The van der Waals surface area contributed by atoms with Gasteiger partial charge in [0.05, 0.1) is 17.0 Å². The largest absolute Gasteiger partial charge is 0.380 e. The molecular weight excluding hydrogens is 534 g/mol. The van der Waals surface area contributed by atoms with Gasteiger partial charge < -0.3 is 15.1 Å². The smallest absolute Gasteiger partial charge is 0.225 e. The van der Waals surface area contributed by atoms with Crippen molar-refractivity contribution in [3.05, 3.63) is 86.9 Å². The van der Waals surface area contributed by atoms with Gasteiger partial charge in [-0.3, -0.25) is 14.6 Å². The van der Waals surface area contributed by atoms with Crippen LogP contribution in [0.1, 0.15) is 55.1 Å². The van der Waals surface area contributed by atoms with Gasteiger partial charge in [0, 0.05) is 51.9 Å². The van der Waals surface area contributed by atoms with Crippen LogP contribution >= 0.6 is 11.6 Å². The minimum absolute atomic E-state index is 0.00783. The van der Waals surface area contributed by atoms with Gasteiger partial charge in [0.2, 0.25) is 11.8 Å². The molecule has 0 saturated carbocycles. The van der Waals surface area contributed by atoms with E-state index in [4.69, 9.17) is 11.6 Å². The van der Waals surface area contributed by atoms with Gasteiger partial charge in [-0.1, -0.05) is 30.7 Å². The van der Waals surface area contributed by atoms with Crippen molar-refractivity contribution in [2.75, 3.05) is 26.7 Å². The van der Waals surface area contributed by atoms with Crippen molar-refractivity contribution < 1.29 is 18.4 Å². The molecule has 2 aromatic rings. The Labute approximate surface area is 239 Å². The predicted molar refractivity (Wildman–Crippen MR) is 151 cm³/mol. The molecule has 3 heterocycles. The quantitative estimate of drug-likeness (QED) is 0.512. The maximum Gasteiger partial charge on any atom is 0.225 e. The molecule has 2 amide bonds. The molecule has 1 aromatic heterocycles. The summed E-state index contributed by atoms with van der Waals surface area (Å²) in [5.74, 6) is -1.24. The number of carbonyl (C=O) groups is 2. The molecule has 1 saturated heterocycles. The molecule has 2 aliphatic heterocycles. The Kier molecular flexibility index (Phi) is 8.26. The third-order valence-electron chi connectivity index (χ3n) is 8.50. The van der Waals surface area contributed by atoms with E-state index in [1.54, 1.807) is 30.2 Å². The molecule has 1 N–H and O–H groups in total. The molecule has 3 aliphatic rings. The highest BCUT2D eigenvalue weighted by Gasteiger charge is 2.33. The SMILES string of the molecule is CC(=O)N1CCCC1c1ccc(CC2=CN(C)CC(C(=O)NCC3=C(F)Cc4cc(c(Cl)cn4)C3)C2C)c(F)c1. The molecule has 0 spiro atoms. The number of aromatic nitrogens is 1. The zero-order chi connectivity index (χ0) is 28.6. The van der Waals surface area contributed by atoms with Crippen LogP contribution in [-0.4, -0.2) is 53.3 Å². The first kappa shape index (κ1) is 28.3. The van der Waals surface area contributed by atoms with Crippen LogP contribution in [0.5, 0.6) is 0 Å². The standard InChI is InChI=1S/C31H35ClF2N4O2/c1-18-24(9-20-6-7-21(12-28(20)33)30-5-4-8-38(30)19(2)39)16-37(3)17-26(18)31(40)36-14-23-10-22-11-25(13-29(23)34)35-15-27(22)32/h6-7,11-12,15-16,18,26,30H,4-5,8-10,13-14,17H2,1-3H3,(H,36,40). The fourth-order valence-electron chi connectivity index (χ4n) is 6.18. The summed E-state index contributed by atoms with van der Waals surface area (Å²) in [5, 5.41) is 3.43. The lowest BCUT2D eigenvalue weighted by Crippen LogP contribution is -2.44.